The van der Waals surface area contributed by atoms with Crippen LogP contribution < -0.4 is 0 Å². The highest BCUT2D eigenvalue weighted by atomic mass is 15.3. The molecule has 0 aliphatic carbocycles. The minimum absolute atomic E-state index is 0.803. The van der Waals surface area contributed by atoms with Crippen LogP contribution in [0.25, 0.3) is 0 Å². The molecule has 23 heavy (non-hydrogen) atoms. The third-order valence-corrected chi connectivity index (χ3v) is 5.65. The van der Waals surface area contributed by atoms with Crippen LogP contribution in [0, 0.1) is 17.8 Å². The van der Waals surface area contributed by atoms with Crippen molar-refractivity contribution in [2.45, 2.75) is 53.1 Å². The number of aromatic nitrogens is 2. The van der Waals surface area contributed by atoms with Gasteiger partial charge in [0.2, 0.25) is 0 Å². The summed E-state index contributed by atoms with van der Waals surface area (Å²) in [5.41, 5.74) is 1.37. The number of piperidine rings is 1. The number of hydrogen-bond acceptors (Lipinski definition) is 3. The normalized spacial score (nSPS) is 24.8. The van der Waals surface area contributed by atoms with Gasteiger partial charge in [0.1, 0.15) is 0 Å². The summed E-state index contributed by atoms with van der Waals surface area (Å²) < 4.78 is 2.04. The molecular weight excluding hydrogens is 284 g/mol. The monoisotopic (exact) mass is 318 g/mol. The second kappa shape index (κ2) is 7.80. The van der Waals surface area contributed by atoms with Crippen LogP contribution in [-0.4, -0.2) is 52.3 Å². The first kappa shape index (κ1) is 17.0. The second-order valence-electron chi connectivity index (χ2n) is 8.02. The number of nitrogens with zero attached hydrogens (tertiary/aromatic N) is 4. The Bertz CT molecular complexity index is 473. The first-order valence-electron chi connectivity index (χ1n) is 9.60. The summed E-state index contributed by atoms with van der Waals surface area (Å²) in [7, 11) is 0. The molecule has 0 amide bonds. The van der Waals surface area contributed by atoms with Gasteiger partial charge in [0.15, 0.2) is 0 Å². The van der Waals surface area contributed by atoms with E-state index < -0.39 is 0 Å². The molecule has 0 aromatic carbocycles. The maximum Gasteiger partial charge on any atom is 0.0534 e. The molecule has 130 valence electrons. The molecule has 3 rings (SSSR count). The summed E-state index contributed by atoms with van der Waals surface area (Å²) in [6.45, 7) is 15.4. The molecule has 2 aliphatic rings. The third kappa shape index (κ3) is 4.57. The highest BCUT2D eigenvalue weighted by molar-refractivity contribution is 5.04. The largest absolute Gasteiger partial charge is 0.303 e. The van der Waals surface area contributed by atoms with Crippen LogP contribution >= 0.6 is 0 Å². The Balaban J connectivity index is 1.43. The van der Waals surface area contributed by atoms with Crippen molar-refractivity contribution in [1.82, 2.24) is 19.6 Å². The topological polar surface area (TPSA) is 24.3 Å². The highest BCUT2D eigenvalue weighted by Crippen LogP contribution is 2.32. The fraction of sp³-hybridized carbons (Fsp3) is 0.842. The lowest BCUT2D eigenvalue weighted by Gasteiger charge is -2.35. The van der Waals surface area contributed by atoms with Gasteiger partial charge in [0, 0.05) is 37.9 Å². The summed E-state index contributed by atoms with van der Waals surface area (Å²) >= 11 is 0. The van der Waals surface area contributed by atoms with Crippen LogP contribution in [0.1, 0.15) is 45.6 Å². The Labute approximate surface area is 141 Å². The molecule has 4 heteroatoms. The molecule has 0 spiro atoms. The van der Waals surface area contributed by atoms with E-state index in [1.165, 1.54) is 57.5 Å². The predicted molar refractivity (Wildman–Crippen MR) is 95.3 cm³/mol. The molecule has 1 aromatic heterocycles. The van der Waals surface area contributed by atoms with E-state index in [-0.39, 0.29) is 0 Å². The van der Waals surface area contributed by atoms with Crippen LogP contribution in [0.4, 0.5) is 0 Å². The quantitative estimate of drug-likeness (QED) is 0.805. The van der Waals surface area contributed by atoms with Gasteiger partial charge >= 0.3 is 0 Å². The van der Waals surface area contributed by atoms with Crippen molar-refractivity contribution in [2.24, 2.45) is 17.8 Å². The fourth-order valence-corrected chi connectivity index (χ4v) is 4.43. The van der Waals surface area contributed by atoms with Crippen LogP contribution in [0.2, 0.25) is 0 Å². The molecular formula is C19H34N4. The van der Waals surface area contributed by atoms with Gasteiger partial charge in [-0.2, -0.15) is 5.10 Å². The van der Waals surface area contributed by atoms with Gasteiger partial charge < -0.3 is 4.90 Å². The van der Waals surface area contributed by atoms with Crippen molar-refractivity contribution in [3.63, 3.8) is 0 Å². The van der Waals surface area contributed by atoms with Crippen molar-refractivity contribution < 1.29 is 0 Å². The van der Waals surface area contributed by atoms with E-state index in [9.17, 15) is 0 Å². The van der Waals surface area contributed by atoms with E-state index in [2.05, 4.69) is 41.9 Å². The Hall–Kier alpha value is -0.870. The number of rotatable bonds is 6. The molecule has 1 atom stereocenters. The first-order valence-corrected chi connectivity index (χ1v) is 9.60. The average Bonchev–Trinajstić information content (AvgIpc) is 3.17. The molecule has 0 radical (unpaired) electrons. The van der Waals surface area contributed by atoms with E-state index >= 15 is 0 Å². The van der Waals surface area contributed by atoms with Crippen LogP contribution in [0.5, 0.6) is 0 Å². The molecule has 1 aromatic rings. The number of likely N-dealkylation sites (tertiary alicyclic amines) is 2. The van der Waals surface area contributed by atoms with Crippen molar-refractivity contribution >= 4 is 0 Å². The van der Waals surface area contributed by atoms with Gasteiger partial charge in [-0.25, -0.2) is 0 Å². The zero-order valence-electron chi connectivity index (χ0n) is 15.2. The standard InChI is InChI=1S/C19H34N4/c1-4-23-14-17(11-20-23)13-22-10-7-19(15-22)18-5-8-21(9-6-18)12-16(2)3/h11,14,16,18-19H,4-10,12-13,15H2,1-3H3/t19-/m0/s1. The molecule has 3 heterocycles. The lowest BCUT2D eigenvalue weighted by molar-refractivity contribution is 0.135. The molecule has 0 unspecified atom stereocenters. The minimum Gasteiger partial charge on any atom is -0.303 e. The van der Waals surface area contributed by atoms with Gasteiger partial charge in [0.05, 0.1) is 6.20 Å². The molecule has 4 nitrogen and oxygen atoms in total. The molecule has 2 aliphatic heterocycles. The average molecular weight is 319 g/mol. The highest BCUT2D eigenvalue weighted by Gasteiger charge is 2.31. The Morgan fingerprint density at radius 1 is 1.09 bits per heavy atom. The van der Waals surface area contributed by atoms with Crippen LogP contribution in [0.3, 0.4) is 0 Å². The van der Waals surface area contributed by atoms with Crippen molar-refractivity contribution in [3.8, 4) is 0 Å². The molecule has 2 fully saturated rings. The molecule has 0 bridgehead atoms. The zero-order valence-corrected chi connectivity index (χ0v) is 15.2. The van der Waals surface area contributed by atoms with Gasteiger partial charge in [-0.1, -0.05) is 13.8 Å². The van der Waals surface area contributed by atoms with Gasteiger partial charge in [-0.05, 0) is 63.6 Å². The Morgan fingerprint density at radius 3 is 2.43 bits per heavy atom. The maximum absolute atomic E-state index is 4.40. The predicted octanol–water partition coefficient (Wildman–Crippen LogP) is 3.09. The fourth-order valence-electron chi connectivity index (χ4n) is 4.43. The van der Waals surface area contributed by atoms with Crippen molar-refractivity contribution in [1.29, 1.82) is 0 Å². The van der Waals surface area contributed by atoms with Crippen LogP contribution in [-0.2, 0) is 13.1 Å². The summed E-state index contributed by atoms with van der Waals surface area (Å²) in [5, 5.41) is 4.40. The SMILES string of the molecule is CCn1cc(CN2CC[C@H](C3CCN(CC(C)C)CC3)C2)cn1. The molecule has 2 saturated heterocycles. The van der Waals surface area contributed by atoms with E-state index in [0.29, 0.717) is 0 Å². The second-order valence-corrected chi connectivity index (χ2v) is 8.02. The molecule has 0 N–H and O–H groups in total. The summed E-state index contributed by atoms with van der Waals surface area (Å²) in [5.74, 6) is 2.69. The Morgan fingerprint density at radius 2 is 1.78 bits per heavy atom. The zero-order chi connectivity index (χ0) is 16.2. The summed E-state index contributed by atoms with van der Waals surface area (Å²) in [6.07, 6.45) is 8.48. The van der Waals surface area contributed by atoms with E-state index in [1.54, 1.807) is 0 Å². The van der Waals surface area contributed by atoms with Gasteiger partial charge in [-0.3, -0.25) is 9.58 Å². The minimum atomic E-state index is 0.803. The van der Waals surface area contributed by atoms with Crippen molar-refractivity contribution in [3.05, 3.63) is 18.0 Å². The first-order chi connectivity index (χ1) is 11.1. The smallest absolute Gasteiger partial charge is 0.0534 e. The Kier molecular flexibility index (Phi) is 5.76. The van der Waals surface area contributed by atoms with E-state index in [1.807, 2.05) is 10.9 Å². The maximum atomic E-state index is 4.40. The number of aryl methyl sites for hydroxylation is 1. The van der Waals surface area contributed by atoms with Crippen molar-refractivity contribution in [2.75, 3.05) is 32.7 Å². The third-order valence-electron chi connectivity index (χ3n) is 5.65. The lowest BCUT2D eigenvalue weighted by atomic mass is 9.83. The summed E-state index contributed by atoms with van der Waals surface area (Å²) in [4.78, 5) is 5.31. The van der Waals surface area contributed by atoms with Gasteiger partial charge in [0.25, 0.3) is 0 Å². The summed E-state index contributed by atoms with van der Waals surface area (Å²) in [6, 6.07) is 0. The van der Waals surface area contributed by atoms with Crippen LogP contribution in [0.15, 0.2) is 12.4 Å². The van der Waals surface area contributed by atoms with Gasteiger partial charge in [-0.15, -0.1) is 0 Å². The number of hydrogen-bond donors (Lipinski definition) is 0. The lowest BCUT2D eigenvalue weighted by Crippen LogP contribution is -2.38. The molecule has 0 saturated carbocycles. The van der Waals surface area contributed by atoms with E-state index in [4.69, 9.17) is 0 Å². The van der Waals surface area contributed by atoms with E-state index in [0.717, 1.165) is 30.8 Å².